The monoisotopic (exact) mass is 298 g/mol. The molecule has 0 aliphatic heterocycles. The number of carbonyl (C=O) groups is 1. The summed E-state index contributed by atoms with van der Waals surface area (Å²) >= 11 is 11.7. The van der Waals surface area contributed by atoms with Gasteiger partial charge in [0, 0.05) is 18.2 Å². The summed E-state index contributed by atoms with van der Waals surface area (Å²) in [5.41, 5.74) is 1.34. The molecule has 0 unspecified atom stereocenters. The molecule has 0 atom stereocenters. The summed E-state index contributed by atoms with van der Waals surface area (Å²) < 4.78 is 4.47. The first-order chi connectivity index (χ1) is 9.06. The normalized spacial score (nSPS) is 10.7. The van der Waals surface area contributed by atoms with Crippen LogP contribution in [-0.4, -0.2) is 19.6 Å². The van der Waals surface area contributed by atoms with Gasteiger partial charge in [0.1, 0.15) is 6.54 Å². The molecular weight excluding hydrogens is 287 g/mol. The molecule has 0 aromatic heterocycles. The first-order valence-corrected chi connectivity index (χ1v) is 6.15. The molecular formula is C13H12Cl2N2O2. The molecule has 100 valence electrons. The Bertz CT molecular complexity index is 536. The summed E-state index contributed by atoms with van der Waals surface area (Å²) in [6.45, 7) is 0.0169. The standard InChI is InChI=1S/C13H12Cl2N2O2/c1-19-13(18)8-17-7-10(6-16)4-9-2-3-11(14)12(15)5-9/h2-3,5,7,17H,4,8H2,1H3/b10-7+. The van der Waals surface area contributed by atoms with Crippen LogP contribution < -0.4 is 5.32 Å². The number of carbonyl (C=O) groups excluding carboxylic acids is 1. The number of hydrogen-bond acceptors (Lipinski definition) is 4. The van der Waals surface area contributed by atoms with Crippen molar-refractivity contribution in [1.29, 1.82) is 5.26 Å². The average molecular weight is 299 g/mol. The lowest BCUT2D eigenvalue weighted by molar-refractivity contribution is -0.139. The fourth-order valence-electron chi connectivity index (χ4n) is 1.32. The van der Waals surface area contributed by atoms with Crippen LogP contribution in [0.2, 0.25) is 10.0 Å². The van der Waals surface area contributed by atoms with Crippen LogP contribution in [0.1, 0.15) is 5.56 Å². The highest BCUT2D eigenvalue weighted by molar-refractivity contribution is 6.42. The zero-order valence-electron chi connectivity index (χ0n) is 10.2. The predicted octanol–water partition coefficient (Wildman–Crippen LogP) is 2.71. The first-order valence-electron chi connectivity index (χ1n) is 5.40. The average Bonchev–Trinajstić information content (AvgIpc) is 2.41. The third-order valence-corrected chi connectivity index (χ3v) is 3.01. The molecule has 1 rings (SSSR count). The molecule has 1 aromatic carbocycles. The second-order valence-corrected chi connectivity index (χ2v) is 4.48. The van der Waals surface area contributed by atoms with Crippen molar-refractivity contribution in [3.63, 3.8) is 0 Å². The van der Waals surface area contributed by atoms with Gasteiger partial charge in [-0.3, -0.25) is 4.79 Å². The summed E-state index contributed by atoms with van der Waals surface area (Å²) in [6, 6.07) is 7.22. The number of ether oxygens (including phenoxy) is 1. The van der Waals surface area contributed by atoms with Crippen LogP contribution in [0.4, 0.5) is 0 Å². The zero-order chi connectivity index (χ0) is 14.3. The van der Waals surface area contributed by atoms with E-state index in [4.69, 9.17) is 28.5 Å². The van der Waals surface area contributed by atoms with Gasteiger partial charge >= 0.3 is 5.97 Å². The molecule has 0 bridgehead atoms. The number of rotatable bonds is 5. The fourth-order valence-corrected chi connectivity index (χ4v) is 1.64. The quantitative estimate of drug-likeness (QED) is 0.671. The summed E-state index contributed by atoms with van der Waals surface area (Å²) in [4.78, 5) is 10.9. The van der Waals surface area contributed by atoms with E-state index in [1.165, 1.54) is 13.3 Å². The number of nitrogens with zero attached hydrogens (tertiary/aromatic N) is 1. The molecule has 6 heteroatoms. The Kier molecular flexibility index (Phi) is 6.20. The summed E-state index contributed by atoms with van der Waals surface area (Å²) in [5.74, 6) is -0.400. The van der Waals surface area contributed by atoms with Gasteiger partial charge < -0.3 is 10.1 Å². The van der Waals surface area contributed by atoms with Crippen molar-refractivity contribution in [2.45, 2.75) is 6.42 Å². The van der Waals surface area contributed by atoms with Crippen LogP contribution >= 0.6 is 23.2 Å². The van der Waals surface area contributed by atoms with Crippen LogP contribution in [0.5, 0.6) is 0 Å². The van der Waals surface area contributed by atoms with Gasteiger partial charge in [-0.1, -0.05) is 29.3 Å². The van der Waals surface area contributed by atoms with Crippen LogP contribution in [0, 0.1) is 11.3 Å². The molecule has 0 aliphatic rings. The van der Waals surface area contributed by atoms with Gasteiger partial charge in [0.05, 0.1) is 23.2 Å². The van der Waals surface area contributed by atoms with E-state index >= 15 is 0 Å². The first kappa shape index (κ1) is 15.4. The van der Waals surface area contributed by atoms with Gasteiger partial charge in [-0.15, -0.1) is 0 Å². The Balaban J connectivity index is 2.66. The molecule has 0 amide bonds. The number of allylic oxidation sites excluding steroid dienone is 1. The highest BCUT2D eigenvalue weighted by atomic mass is 35.5. The minimum atomic E-state index is -0.400. The molecule has 0 saturated carbocycles. The Morgan fingerprint density at radius 3 is 2.79 bits per heavy atom. The molecule has 0 saturated heterocycles. The van der Waals surface area contributed by atoms with Crippen molar-refractivity contribution in [3.8, 4) is 6.07 Å². The molecule has 0 aliphatic carbocycles. The maximum absolute atomic E-state index is 10.9. The molecule has 0 fully saturated rings. The van der Waals surface area contributed by atoms with Crippen LogP contribution in [-0.2, 0) is 16.0 Å². The molecule has 4 nitrogen and oxygen atoms in total. The number of halogens is 2. The van der Waals surface area contributed by atoms with Crippen molar-refractivity contribution in [1.82, 2.24) is 5.32 Å². The van der Waals surface area contributed by atoms with E-state index < -0.39 is 5.97 Å². The maximum Gasteiger partial charge on any atom is 0.325 e. The lowest BCUT2D eigenvalue weighted by Crippen LogP contribution is -2.19. The SMILES string of the molecule is COC(=O)CN/C=C(/C#N)Cc1ccc(Cl)c(Cl)c1. The molecule has 1 aromatic rings. The molecule has 1 N–H and O–H groups in total. The fraction of sp³-hybridized carbons (Fsp3) is 0.231. The summed E-state index contributed by atoms with van der Waals surface area (Å²) in [7, 11) is 1.30. The van der Waals surface area contributed by atoms with Crippen molar-refractivity contribution in [2.24, 2.45) is 0 Å². The van der Waals surface area contributed by atoms with Crippen molar-refractivity contribution < 1.29 is 9.53 Å². The third-order valence-electron chi connectivity index (χ3n) is 2.27. The van der Waals surface area contributed by atoms with E-state index in [0.29, 0.717) is 22.0 Å². The number of benzene rings is 1. The van der Waals surface area contributed by atoms with Gasteiger partial charge in [-0.2, -0.15) is 5.26 Å². The van der Waals surface area contributed by atoms with Gasteiger partial charge in [0.2, 0.25) is 0 Å². The van der Waals surface area contributed by atoms with Crippen LogP contribution in [0.25, 0.3) is 0 Å². The smallest absolute Gasteiger partial charge is 0.325 e. The predicted molar refractivity (Wildman–Crippen MR) is 73.9 cm³/mol. The van der Waals surface area contributed by atoms with Gasteiger partial charge in [0.25, 0.3) is 0 Å². The van der Waals surface area contributed by atoms with E-state index in [1.54, 1.807) is 18.2 Å². The second kappa shape index (κ2) is 7.67. The third kappa shape index (κ3) is 5.21. The number of methoxy groups -OCH3 is 1. The van der Waals surface area contributed by atoms with Gasteiger partial charge in [-0.05, 0) is 17.7 Å². The van der Waals surface area contributed by atoms with Gasteiger partial charge in [-0.25, -0.2) is 0 Å². The topological polar surface area (TPSA) is 62.1 Å². The van der Waals surface area contributed by atoms with E-state index in [0.717, 1.165) is 5.56 Å². The molecule has 0 heterocycles. The summed E-state index contributed by atoms with van der Waals surface area (Å²) in [5, 5.41) is 12.6. The van der Waals surface area contributed by atoms with Crippen LogP contribution in [0.15, 0.2) is 30.0 Å². The summed E-state index contributed by atoms with van der Waals surface area (Å²) in [6.07, 6.45) is 1.89. The largest absolute Gasteiger partial charge is 0.468 e. The molecule has 0 radical (unpaired) electrons. The van der Waals surface area contributed by atoms with Crippen LogP contribution in [0.3, 0.4) is 0 Å². The maximum atomic E-state index is 10.9. The highest BCUT2D eigenvalue weighted by Gasteiger charge is 2.03. The van der Waals surface area contributed by atoms with E-state index in [-0.39, 0.29) is 6.54 Å². The minimum Gasteiger partial charge on any atom is -0.468 e. The van der Waals surface area contributed by atoms with E-state index in [1.807, 2.05) is 6.07 Å². The van der Waals surface area contributed by atoms with Gasteiger partial charge in [0.15, 0.2) is 0 Å². The number of nitrogens with one attached hydrogen (secondary N) is 1. The number of esters is 1. The zero-order valence-corrected chi connectivity index (χ0v) is 11.8. The minimum absolute atomic E-state index is 0.0169. The molecule has 0 spiro atoms. The lowest BCUT2D eigenvalue weighted by Gasteiger charge is -2.03. The number of hydrogen-bond donors (Lipinski definition) is 1. The Morgan fingerprint density at radius 1 is 1.47 bits per heavy atom. The lowest BCUT2D eigenvalue weighted by atomic mass is 10.1. The Morgan fingerprint density at radius 2 is 2.21 bits per heavy atom. The Hall–Kier alpha value is -1.70. The van der Waals surface area contributed by atoms with Crippen molar-refractivity contribution >= 4 is 29.2 Å². The number of nitriles is 1. The van der Waals surface area contributed by atoms with Crippen molar-refractivity contribution in [3.05, 3.63) is 45.6 Å². The van der Waals surface area contributed by atoms with Crippen molar-refractivity contribution in [2.75, 3.05) is 13.7 Å². The Labute approximate surface area is 121 Å². The van der Waals surface area contributed by atoms with E-state index in [2.05, 4.69) is 10.1 Å². The molecule has 19 heavy (non-hydrogen) atoms. The van der Waals surface area contributed by atoms with E-state index in [9.17, 15) is 4.79 Å². The second-order valence-electron chi connectivity index (χ2n) is 3.66. The highest BCUT2D eigenvalue weighted by Crippen LogP contribution is 2.23.